The Morgan fingerprint density at radius 1 is 0.926 bits per heavy atom. The van der Waals surface area contributed by atoms with Crippen molar-refractivity contribution in [3.8, 4) is 0 Å². The number of aryl methyl sites for hydroxylation is 2. The molecule has 5 heteroatoms. The van der Waals surface area contributed by atoms with Gasteiger partial charge >= 0.3 is 0 Å². The van der Waals surface area contributed by atoms with Crippen molar-refractivity contribution in [1.29, 1.82) is 0 Å². The standard InChI is InChI=1S/C22H36N4O/c1-2-3-4-5-6-7-8-9-10-13-16-25-18-23-20-21(25)24-19-15-12-11-14-17-26(19)22(20)27/h18H,2-17H2,1H3. The van der Waals surface area contributed by atoms with Crippen LogP contribution in [0.3, 0.4) is 0 Å². The zero-order chi connectivity index (χ0) is 18.9. The van der Waals surface area contributed by atoms with Gasteiger partial charge in [-0.15, -0.1) is 0 Å². The van der Waals surface area contributed by atoms with E-state index in [0.29, 0.717) is 5.52 Å². The number of hydrogen-bond donors (Lipinski definition) is 0. The van der Waals surface area contributed by atoms with Crippen LogP contribution in [0.5, 0.6) is 0 Å². The Hall–Kier alpha value is -1.65. The number of aromatic nitrogens is 4. The normalized spacial score (nSPS) is 14.4. The fourth-order valence-electron chi connectivity index (χ4n) is 4.16. The van der Waals surface area contributed by atoms with Crippen LogP contribution < -0.4 is 5.56 Å². The number of hydrogen-bond acceptors (Lipinski definition) is 3. The van der Waals surface area contributed by atoms with Crippen LogP contribution in [0, 0.1) is 0 Å². The van der Waals surface area contributed by atoms with Crippen molar-refractivity contribution in [2.75, 3.05) is 0 Å². The first kappa shape index (κ1) is 20.1. The molecule has 0 bridgehead atoms. The van der Waals surface area contributed by atoms with E-state index < -0.39 is 0 Å². The molecule has 0 N–H and O–H groups in total. The summed E-state index contributed by atoms with van der Waals surface area (Å²) in [5.74, 6) is 0.954. The van der Waals surface area contributed by atoms with Crippen LogP contribution in [0.15, 0.2) is 11.1 Å². The summed E-state index contributed by atoms with van der Waals surface area (Å²) in [6, 6.07) is 0. The summed E-state index contributed by atoms with van der Waals surface area (Å²) in [6.07, 6.45) is 19.4. The third-order valence-corrected chi connectivity index (χ3v) is 5.84. The SMILES string of the molecule is CCCCCCCCCCCCn1cnc2c(=O)n3c(nc21)CCCCC3. The second-order valence-corrected chi connectivity index (χ2v) is 8.09. The lowest BCUT2D eigenvalue weighted by Gasteiger charge is -2.09. The van der Waals surface area contributed by atoms with E-state index in [4.69, 9.17) is 4.98 Å². The summed E-state index contributed by atoms with van der Waals surface area (Å²) in [7, 11) is 0. The van der Waals surface area contributed by atoms with Gasteiger partial charge < -0.3 is 4.57 Å². The van der Waals surface area contributed by atoms with Gasteiger partial charge in [0.05, 0.1) is 6.33 Å². The van der Waals surface area contributed by atoms with Crippen LogP contribution in [0.25, 0.3) is 11.2 Å². The molecule has 0 saturated heterocycles. The first-order chi connectivity index (χ1) is 13.3. The molecule has 0 fully saturated rings. The molecule has 1 aliphatic heterocycles. The van der Waals surface area contributed by atoms with Gasteiger partial charge in [-0.1, -0.05) is 71.1 Å². The van der Waals surface area contributed by atoms with E-state index in [-0.39, 0.29) is 5.56 Å². The molecule has 0 unspecified atom stereocenters. The minimum atomic E-state index is 0.0544. The summed E-state index contributed by atoms with van der Waals surface area (Å²) >= 11 is 0. The first-order valence-corrected chi connectivity index (χ1v) is 11.3. The van der Waals surface area contributed by atoms with Crippen molar-refractivity contribution in [3.05, 3.63) is 22.5 Å². The fraction of sp³-hybridized carbons (Fsp3) is 0.773. The molecule has 150 valence electrons. The predicted molar refractivity (Wildman–Crippen MR) is 111 cm³/mol. The number of rotatable bonds is 11. The average molecular weight is 373 g/mol. The Morgan fingerprint density at radius 3 is 2.37 bits per heavy atom. The lowest BCUT2D eigenvalue weighted by Crippen LogP contribution is -2.25. The molecule has 5 nitrogen and oxygen atoms in total. The third-order valence-electron chi connectivity index (χ3n) is 5.84. The smallest absolute Gasteiger partial charge is 0.281 e. The minimum Gasteiger partial charge on any atom is -0.315 e. The summed E-state index contributed by atoms with van der Waals surface area (Å²) in [5.41, 5.74) is 1.40. The maximum Gasteiger partial charge on any atom is 0.281 e. The summed E-state index contributed by atoms with van der Waals surface area (Å²) < 4.78 is 3.94. The van der Waals surface area contributed by atoms with Gasteiger partial charge in [0.25, 0.3) is 5.56 Å². The summed E-state index contributed by atoms with van der Waals surface area (Å²) in [5, 5.41) is 0. The van der Waals surface area contributed by atoms with Crippen LogP contribution in [0.2, 0.25) is 0 Å². The maximum atomic E-state index is 12.7. The summed E-state index contributed by atoms with van der Waals surface area (Å²) in [6.45, 7) is 3.98. The van der Waals surface area contributed by atoms with Gasteiger partial charge in [0.1, 0.15) is 5.82 Å². The van der Waals surface area contributed by atoms with E-state index in [0.717, 1.165) is 50.2 Å². The molecule has 0 amide bonds. The molecule has 0 radical (unpaired) electrons. The van der Waals surface area contributed by atoms with Crippen molar-refractivity contribution in [2.24, 2.45) is 0 Å². The van der Waals surface area contributed by atoms with Crippen molar-refractivity contribution in [1.82, 2.24) is 19.1 Å². The van der Waals surface area contributed by atoms with E-state index >= 15 is 0 Å². The van der Waals surface area contributed by atoms with E-state index in [9.17, 15) is 4.79 Å². The van der Waals surface area contributed by atoms with Gasteiger partial charge in [0.15, 0.2) is 11.2 Å². The second kappa shape index (κ2) is 10.6. The highest BCUT2D eigenvalue weighted by Crippen LogP contribution is 2.16. The topological polar surface area (TPSA) is 52.7 Å². The Balaban J connectivity index is 1.46. The largest absolute Gasteiger partial charge is 0.315 e. The molecule has 3 heterocycles. The Morgan fingerprint density at radius 2 is 1.63 bits per heavy atom. The van der Waals surface area contributed by atoms with Gasteiger partial charge in [0, 0.05) is 19.5 Å². The van der Waals surface area contributed by atoms with Gasteiger partial charge in [-0.3, -0.25) is 9.36 Å². The average Bonchev–Trinajstić information content (AvgIpc) is 2.92. The molecule has 0 atom stereocenters. The Labute approximate surface area is 163 Å². The maximum absolute atomic E-state index is 12.7. The quantitative estimate of drug-likeness (QED) is 0.507. The van der Waals surface area contributed by atoms with Crippen molar-refractivity contribution >= 4 is 11.2 Å². The highest BCUT2D eigenvalue weighted by molar-refractivity contribution is 5.69. The van der Waals surface area contributed by atoms with Crippen molar-refractivity contribution < 1.29 is 0 Å². The zero-order valence-corrected chi connectivity index (χ0v) is 17.1. The predicted octanol–water partition coefficient (Wildman–Crippen LogP) is 5.24. The molecule has 3 rings (SSSR count). The van der Waals surface area contributed by atoms with Crippen LogP contribution in [-0.4, -0.2) is 19.1 Å². The number of unbranched alkanes of at least 4 members (excludes halogenated alkanes) is 9. The minimum absolute atomic E-state index is 0.0544. The van der Waals surface area contributed by atoms with E-state index in [1.807, 2.05) is 10.9 Å². The molecule has 2 aromatic rings. The molecule has 0 aliphatic carbocycles. The molecule has 0 aromatic carbocycles. The fourth-order valence-corrected chi connectivity index (χ4v) is 4.16. The molecule has 0 saturated carbocycles. The van der Waals surface area contributed by atoms with Crippen LogP contribution >= 0.6 is 0 Å². The monoisotopic (exact) mass is 372 g/mol. The number of nitrogens with zero attached hydrogens (tertiary/aromatic N) is 4. The highest BCUT2D eigenvalue weighted by Gasteiger charge is 2.16. The Kier molecular flexibility index (Phi) is 7.91. The van der Waals surface area contributed by atoms with Crippen molar-refractivity contribution in [3.63, 3.8) is 0 Å². The zero-order valence-electron chi connectivity index (χ0n) is 17.1. The van der Waals surface area contributed by atoms with Gasteiger partial charge in [-0.25, -0.2) is 9.97 Å². The molecular weight excluding hydrogens is 336 g/mol. The van der Waals surface area contributed by atoms with E-state index in [2.05, 4.69) is 16.5 Å². The lowest BCUT2D eigenvalue weighted by atomic mass is 10.1. The molecular formula is C22H36N4O. The van der Waals surface area contributed by atoms with Crippen LogP contribution in [-0.2, 0) is 19.5 Å². The van der Waals surface area contributed by atoms with Gasteiger partial charge in [-0.05, 0) is 19.3 Å². The molecule has 27 heavy (non-hydrogen) atoms. The molecule has 0 spiro atoms. The Bertz CT molecular complexity index is 761. The number of imidazole rings is 1. The third kappa shape index (κ3) is 5.43. The first-order valence-electron chi connectivity index (χ1n) is 11.3. The lowest BCUT2D eigenvalue weighted by molar-refractivity contribution is 0.536. The molecule has 1 aliphatic rings. The van der Waals surface area contributed by atoms with Crippen LogP contribution in [0.1, 0.15) is 96.2 Å². The van der Waals surface area contributed by atoms with Gasteiger partial charge in [0.2, 0.25) is 0 Å². The van der Waals surface area contributed by atoms with E-state index in [1.165, 1.54) is 64.2 Å². The van der Waals surface area contributed by atoms with Gasteiger partial charge in [-0.2, -0.15) is 0 Å². The van der Waals surface area contributed by atoms with Crippen LogP contribution in [0.4, 0.5) is 0 Å². The second-order valence-electron chi connectivity index (χ2n) is 8.09. The highest BCUT2D eigenvalue weighted by atomic mass is 16.1. The number of fused-ring (bicyclic) bond motifs is 2. The molecule has 2 aromatic heterocycles. The van der Waals surface area contributed by atoms with Crippen molar-refractivity contribution in [2.45, 2.75) is 110 Å². The summed E-state index contributed by atoms with van der Waals surface area (Å²) in [4.78, 5) is 21.9. The van der Waals surface area contributed by atoms with E-state index in [1.54, 1.807) is 0 Å².